The van der Waals surface area contributed by atoms with E-state index in [1.54, 1.807) is 0 Å². The van der Waals surface area contributed by atoms with Gasteiger partial charge in [0.2, 0.25) is 5.91 Å². The maximum absolute atomic E-state index is 12.3. The van der Waals surface area contributed by atoms with E-state index in [0.29, 0.717) is 6.07 Å². The van der Waals surface area contributed by atoms with Gasteiger partial charge < -0.3 is 11.5 Å². The summed E-state index contributed by atoms with van der Waals surface area (Å²) < 4.78 is 36.9. The topological polar surface area (TPSA) is 69.1 Å². The van der Waals surface area contributed by atoms with Gasteiger partial charge in [-0.15, -0.1) is 0 Å². The molecule has 0 saturated heterocycles. The molecule has 1 aromatic carbocycles. The molecular weight excluding hydrogens is 233 g/mol. The van der Waals surface area contributed by atoms with Crippen molar-refractivity contribution in [2.24, 2.45) is 5.73 Å². The first-order valence-electron chi connectivity index (χ1n) is 3.70. The van der Waals surface area contributed by atoms with Crippen LogP contribution in [0.15, 0.2) is 12.1 Å². The molecule has 15 heavy (non-hydrogen) atoms. The van der Waals surface area contributed by atoms with Gasteiger partial charge in [0.15, 0.2) is 0 Å². The number of nitrogens with two attached hydrogens (primary N) is 2. The molecule has 1 aromatic rings. The summed E-state index contributed by atoms with van der Waals surface area (Å²) in [6, 6.07) is 1.56. The van der Waals surface area contributed by atoms with Crippen LogP contribution in [0.3, 0.4) is 0 Å². The van der Waals surface area contributed by atoms with Crippen molar-refractivity contribution in [1.82, 2.24) is 0 Å². The van der Waals surface area contributed by atoms with Crippen molar-refractivity contribution in [3.8, 4) is 0 Å². The van der Waals surface area contributed by atoms with Crippen molar-refractivity contribution < 1.29 is 18.0 Å². The van der Waals surface area contributed by atoms with Gasteiger partial charge in [0, 0.05) is 0 Å². The summed E-state index contributed by atoms with van der Waals surface area (Å²) in [4.78, 5) is 10.7. The molecule has 0 saturated carbocycles. The van der Waals surface area contributed by atoms with Crippen LogP contribution < -0.4 is 11.5 Å². The summed E-state index contributed by atoms with van der Waals surface area (Å²) in [7, 11) is 0. The van der Waals surface area contributed by atoms with E-state index in [9.17, 15) is 18.0 Å². The number of hydrogen-bond donors (Lipinski definition) is 2. The first-order chi connectivity index (χ1) is 6.75. The van der Waals surface area contributed by atoms with Crippen LogP contribution in [0.5, 0.6) is 0 Å². The average molecular weight is 239 g/mol. The van der Waals surface area contributed by atoms with Crippen LogP contribution >= 0.6 is 11.6 Å². The highest BCUT2D eigenvalue weighted by Gasteiger charge is 2.34. The number of primary amides is 1. The number of nitrogen functional groups attached to an aromatic ring is 1. The van der Waals surface area contributed by atoms with Gasteiger partial charge in [-0.25, -0.2) is 0 Å². The van der Waals surface area contributed by atoms with Crippen molar-refractivity contribution in [3.05, 3.63) is 28.3 Å². The highest BCUT2D eigenvalue weighted by Crippen LogP contribution is 2.38. The van der Waals surface area contributed by atoms with Crippen LogP contribution in [0.2, 0.25) is 5.02 Å². The lowest BCUT2D eigenvalue weighted by Gasteiger charge is -2.12. The Morgan fingerprint density at radius 3 is 2.27 bits per heavy atom. The van der Waals surface area contributed by atoms with Crippen LogP contribution in [-0.4, -0.2) is 5.91 Å². The molecule has 0 aromatic heterocycles. The predicted molar refractivity (Wildman–Crippen MR) is 49.4 cm³/mol. The molecule has 3 nitrogen and oxygen atoms in total. The lowest BCUT2D eigenvalue weighted by molar-refractivity contribution is -0.136. The van der Waals surface area contributed by atoms with Crippen molar-refractivity contribution in [2.45, 2.75) is 6.18 Å². The molecule has 1 amide bonds. The molecule has 0 fully saturated rings. The fourth-order valence-corrected chi connectivity index (χ4v) is 1.29. The standard InChI is InChI=1S/C8H6ClF3N2O/c9-5-3(7(14)15)1-2-4(6(5)13)8(10,11)12/h1-2H,13H2,(H2,14,15). The number of carbonyl (C=O) groups is 1. The van der Waals surface area contributed by atoms with Gasteiger partial charge in [-0.2, -0.15) is 13.2 Å². The number of rotatable bonds is 1. The molecule has 0 aliphatic heterocycles. The number of halogens is 4. The summed E-state index contributed by atoms with van der Waals surface area (Å²) in [5.41, 5.74) is 8.02. The van der Waals surface area contributed by atoms with E-state index >= 15 is 0 Å². The molecule has 0 unspecified atom stereocenters. The van der Waals surface area contributed by atoms with E-state index in [-0.39, 0.29) is 5.56 Å². The number of amides is 1. The Balaban J connectivity index is 3.41. The smallest absolute Gasteiger partial charge is 0.397 e. The second-order valence-electron chi connectivity index (χ2n) is 2.75. The minimum absolute atomic E-state index is 0.234. The third kappa shape index (κ3) is 2.15. The molecule has 0 radical (unpaired) electrons. The second-order valence-corrected chi connectivity index (χ2v) is 3.13. The van der Waals surface area contributed by atoms with Gasteiger partial charge in [-0.1, -0.05) is 11.6 Å². The number of alkyl halides is 3. The fraction of sp³-hybridized carbons (Fsp3) is 0.125. The van der Waals surface area contributed by atoms with E-state index in [1.807, 2.05) is 0 Å². The first kappa shape index (κ1) is 11.6. The first-order valence-corrected chi connectivity index (χ1v) is 4.08. The molecular formula is C8H6ClF3N2O. The Hall–Kier alpha value is -1.43. The molecule has 0 heterocycles. The van der Waals surface area contributed by atoms with E-state index in [1.165, 1.54) is 0 Å². The van der Waals surface area contributed by atoms with Gasteiger partial charge in [-0.3, -0.25) is 4.79 Å². The van der Waals surface area contributed by atoms with Gasteiger partial charge in [0.05, 0.1) is 21.8 Å². The zero-order valence-electron chi connectivity index (χ0n) is 7.23. The lowest BCUT2D eigenvalue weighted by atomic mass is 10.1. The molecule has 0 aliphatic rings. The van der Waals surface area contributed by atoms with E-state index in [4.69, 9.17) is 23.1 Å². The summed E-state index contributed by atoms with van der Waals surface area (Å²) >= 11 is 5.47. The highest BCUT2D eigenvalue weighted by atomic mass is 35.5. The van der Waals surface area contributed by atoms with E-state index < -0.39 is 28.4 Å². The molecule has 4 N–H and O–H groups in total. The summed E-state index contributed by atoms with van der Waals surface area (Å²) in [6.45, 7) is 0. The number of anilines is 1. The monoisotopic (exact) mass is 238 g/mol. The fourth-order valence-electron chi connectivity index (χ4n) is 1.03. The Bertz CT molecular complexity index is 417. The Morgan fingerprint density at radius 2 is 1.87 bits per heavy atom. The molecule has 0 atom stereocenters. The molecule has 7 heteroatoms. The minimum Gasteiger partial charge on any atom is -0.397 e. The SMILES string of the molecule is NC(=O)c1ccc(C(F)(F)F)c(N)c1Cl. The zero-order valence-corrected chi connectivity index (χ0v) is 7.99. The van der Waals surface area contributed by atoms with Gasteiger partial charge in [-0.05, 0) is 12.1 Å². The molecule has 0 bridgehead atoms. The van der Waals surface area contributed by atoms with Crippen molar-refractivity contribution in [2.75, 3.05) is 5.73 Å². The van der Waals surface area contributed by atoms with Crippen molar-refractivity contribution >= 4 is 23.2 Å². The number of benzene rings is 1. The van der Waals surface area contributed by atoms with Crippen LogP contribution in [0, 0.1) is 0 Å². The minimum atomic E-state index is -4.61. The number of carbonyl (C=O) groups excluding carboxylic acids is 1. The third-order valence-corrected chi connectivity index (χ3v) is 2.16. The van der Waals surface area contributed by atoms with Crippen molar-refractivity contribution in [1.29, 1.82) is 0 Å². The Labute approximate surface area is 87.8 Å². The molecule has 0 spiro atoms. The summed E-state index contributed by atoms with van der Waals surface area (Å²) in [6.07, 6.45) is -4.61. The normalized spacial score (nSPS) is 11.5. The zero-order chi connectivity index (χ0) is 11.8. The molecule has 0 aliphatic carbocycles. The van der Waals surface area contributed by atoms with Crippen LogP contribution in [0.25, 0.3) is 0 Å². The summed E-state index contributed by atoms with van der Waals surface area (Å²) in [5, 5.41) is -0.475. The van der Waals surface area contributed by atoms with Gasteiger partial charge >= 0.3 is 6.18 Å². The Kier molecular flexibility index (Phi) is 2.81. The average Bonchev–Trinajstić information content (AvgIpc) is 2.06. The Morgan fingerprint density at radius 1 is 1.33 bits per heavy atom. The molecule has 82 valence electrons. The van der Waals surface area contributed by atoms with E-state index in [2.05, 4.69) is 0 Å². The van der Waals surface area contributed by atoms with E-state index in [0.717, 1.165) is 6.07 Å². The van der Waals surface area contributed by atoms with Crippen molar-refractivity contribution in [3.63, 3.8) is 0 Å². The number of hydrogen-bond acceptors (Lipinski definition) is 2. The predicted octanol–water partition coefficient (Wildman–Crippen LogP) is 2.04. The largest absolute Gasteiger partial charge is 0.418 e. The third-order valence-electron chi connectivity index (χ3n) is 1.75. The van der Waals surface area contributed by atoms with Crippen LogP contribution in [0.1, 0.15) is 15.9 Å². The highest BCUT2D eigenvalue weighted by molar-refractivity contribution is 6.36. The van der Waals surface area contributed by atoms with Gasteiger partial charge in [0.1, 0.15) is 0 Å². The maximum Gasteiger partial charge on any atom is 0.418 e. The van der Waals surface area contributed by atoms with Gasteiger partial charge in [0.25, 0.3) is 0 Å². The van der Waals surface area contributed by atoms with Crippen LogP contribution in [-0.2, 0) is 6.18 Å². The molecule has 1 rings (SSSR count). The lowest BCUT2D eigenvalue weighted by Crippen LogP contribution is -2.15. The second kappa shape index (κ2) is 3.62. The quantitative estimate of drug-likeness (QED) is 0.735. The maximum atomic E-state index is 12.3. The summed E-state index contributed by atoms with van der Waals surface area (Å²) in [5.74, 6) is -0.930. The van der Waals surface area contributed by atoms with Crippen LogP contribution in [0.4, 0.5) is 18.9 Å².